The molecule has 0 radical (unpaired) electrons. The molecule has 4 heterocycles. The van der Waals surface area contributed by atoms with Gasteiger partial charge >= 0.3 is 5.97 Å². The summed E-state index contributed by atoms with van der Waals surface area (Å²) in [7, 11) is 0. The molecule has 210 valence electrons. The second kappa shape index (κ2) is 10.0. The second-order valence-electron chi connectivity index (χ2n) is 11.3. The summed E-state index contributed by atoms with van der Waals surface area (Å²) in [6, 6.07) is 5.78. The summed E-state index contributed by atoms with van der Waals surface area (Å²) in [5.74, 6) is -3.06. The number of nitrogens with zero attached hydrogens (tertiary/aromatic N) is 5. The minimum Gasteiger partial charge on any atom is -0.466 e. The molecule has 3 aliphatic rings. The van der Waals surface area contributed by atoms with Crippen LogP contribution in [-0.4, -0.2) is 90.7 Å². The van der Waals surface area contributed by atoms with Gasteiger partial charge in [-0.25, -0.2) is 4.68 Å². The highest BCUT2D eigenvalue weighted by Crippen LogP contribution is 2.63. The van der Waals surface area contributed by atoms with Gasteiger partial charge in [0.15, 0.2) is 0 Å². The zero-order valence-corrected chi connectivity index (χ0v) is 22.9. The number of esters is 1. The van der Waals surface area contributed by atoms with Crippen LogP contribution in [0.25, 0.3) is 11.0 Å². The Morgan fingerprint density at radius 3 is 2.74 bits per heavy atom. The van der Waals surface area contributed by atoms with E-state index in [4.69, 9.17) is 9.47 Å². The van der Waals surface area contributed by atoms with E-state index in [0.717, 1.165) is 5.52 Å². The van der Waals surface area contributed by atoms with Crippen LogP contribution in [0.3, 0.4) is 0 Å². The Balaban J connectivity index is 1.59. The van der Waals surface area contributed by atoms with Gasteiger partial charge in [0.1, 0.15) is 29.7 Å². The summed E-state index contributed by atoms with van der Waals surface area (Å²) >= 11 is 0. The number of carbonyl (C=O) groups excluding carboxylic acids is 3. The van der Waals surface area contributed by atoms with Gasteiger partial charge in [0, 0.05) is 6.54 Å². The molecule has 5 rings (SSSR count). The first kappa shape index (κ1) is 27.3. The van der Waals surface area contributed by atoms with Gasteiger partial charge < -0.3 is 24.4 Å². The van der Waals surface area contributed by atoms with Crippen LogP contribution in [0.2, 0.25) is 0 Å². The molecule has 2 unspecified atom stereocenters. The fraction of sp³-hybridized carbons (Fsp3) is 0.607. The maximum Gasteiger partial charge on any atom is 0.312 e. The van der Waals surface area contributed by atoms with E-state index < -0.39 is 41.1 Å². The van der Waals surface area contributed by atoms with Crippen molar-refractivity contribution in [2.45, 2.75) is 70.5 Å². The van der Waals surface area contributed by atoms with E-state index in [9.17, 15) is 19.5 Å². The Bertz CT molecular complexity index is 1290. The van der Waals surface area contributed by atoms with Gasteiger partial charge in [0.05, 0.1) is 36.3 Å². The molecule has 1 N–H and O–H groups in total. The predicted octanol–water partition coefficient (Wildman–Crippen LogP) is 1.75. The summed E-state index contributed by atoms with van der Waals surface area (Å²) in [4.78, 5) is 45.1. The van der Waals surface area contributed by atoms with E-state index in [-0.39, 0.29) is 44.2 Å². The Kier molecular flexibility index (Phi) is 7.00. The maximum absolute atomic E-state index is 14.6. The van der Waals surface area contributed by atoms with E-state index in [0.29, 0.717) is 18.4 Å². The lowest BCUT2D eigenvalue weighted by Gasteiger charge is -2.40. The van der Waals surface area contributed by atoms with E-state index in [1.165, 1.54) is 4.90 Å². The highest BCUT2D eigenvalue weighted by molar-refractivity contribution is 5.98. The molecular weight excluding hydrogens is 502 g/mol. The minimum atomic E-state index is -1.22. The molecule has 11 nitrogen and oxygen atoms in total. The van der Waals surface area contributed by atoms with Crippen LogP contribution in [0.15, 0.2) is 36.9 Å². The van der Waals surface area contributed by atoms with Gasteiger partial charge in [-0.1, -0.05) is 37.3 Å². The lowest BCUT2D eigenvalue weighted by molar-refractivity contribution is -0.162. The molecular formula is C28H37N5O6. The lowest BCUT2D eigenvalue weighted by atomic mass is 9.66. The van der Waals surface area contributed by atoms with Gasteiger partial charge in [-0.3, -0.25) is 14.4 Å². The molecule has 2 aromatic rings. The quantitative estimate of drug-likeness (QED) is 0.357. The average Bonchev–Trinajstić information content (AvgIpc) is 3.60. The number of hydrogen-bond donors (Lipinski definition) is 1. The zero-order chi connectivity index (χ0) is 28.1. The van der Waals surface area contributed by atoms with E-state index in [1.807, 2.05) is 45.0 Å². The number of rotatable bonds is 10. The molecule has 11 heteroatoms. The van der Waals surface area contributed by atoms with E-state index >= 15 is 0 Å². The molecule has 1 aromatic heterocycles. The van der Waals surface area contributed by atoms with Gasteiger partial charge in [-0.2, -0.15) is 0 Å². The van der Waals surface area contributed by atoms with Crippen LogP contribution < -0.4 is 0 Å². The van der Waals surface area contributed by atoms with Crippen LogP contribution in [0.4, 0.5) is 0 Å². The second-order valence-corrected chi connectivity index (χ2v) is 11.3. The summed E-state index contributed by atoms with van der Waals surface area (Å²) in [5.41, 5.74) is -0.678. The smallest absolute Gasteiger partial charge is 0.312 e. The number of hydrogen-bond acceptors (Lipinski definition) is 8. The number of likely N-dealkylation sites (tertiary alicyclic amines) is 1. The number of aromatic nitrogens is 3. The number of ether oxygens (including phenoxy) is 2. The fourth-order valence-corrected chi connectivity index (χ4v) is 6.94. The summed E-state index contributed by atoms with van der Waals surface area (Å²) in [6.45, 7) is 11.3. The molecule has 3 fully saturated rings. The summed E-state index contributed by atoms with van der Waals surface area (Å²) < 4.78 is 13.7. The highest BCUT2D eigenvalue weighted by atomic mass is 16.6. The topological polar surface area (TPSA) is 127 Å². The molecule has 3 saturated heterocycles. The van der Waals surface area contributed by atoms with Crippen molar-refractivity contribution >= 4 is 28.8 Å². The van der Waals surface area contributed by atoms with Crippen molar-refractivity contribution in [3.8, 4) is 0 Å². The molecule has 3 aliphatic heterocycles. The fourth-order valence-electron chi connectivity index (χ4n) is 6.94. The van der Waals surface area contributed by atoms with Gasteiger partial charge in [0.25, 0.3) is 0 Å². The van der Waals surface area contributed by atoms with Crippen molar-refractivity contribution in [3.63, 3.8) is 0 Å². The van der Waals surface area contributed by atoms with Crippen LogP contribution in [-0.2, 0) is 30.5 Å². The monoisotopic (exact) mass is 539 g/mol. The van der Waals surface area contributed by atoms with Crippen LogP contribution in [0.5, 0.6) is 0 Å². The molecule has 1 aromatic carbocycles. The third-order valence-electron chi connectivity index (χ3n) is 8.69. The number of carbonyl (C=O) groups is 3. The standard InChI is InChI=1S/C28H37N5O6/c1-6-14-31(16-32-19-11-9-8-10-18(19)29-30-32)25(36)23-28-13-12-27(5,39-28)22(26(37)38-7-2)21(28)24(35)33(23)20(15-34)17(3)4/h6,8-11,17,20-23,34H,1,7,12-16H2,2-5H3/t20-,21-,22-,23?,27+,28?/m0/s1. The van der Waals surface area contributed by atoms with Crippen LogP contribution in [0, 0.1) is 17.8 Å². The summed E-state index contributed by atoms with van der Waals surface area (Å²) in [6.07, 6.45) is 2.57. The van der Waals surface area contributed by atoms with E-state index in [1.54, 1.807) is 22.6 Å². The number of fused-ring (bicyclic) bond motifs is 2. The number of aliphatic hydroxyl groups is 1. The Hall–Kier alpha value is -3.31. The average molecular weight is 540 g/mol. The Morgan fingerprint density at radius 1 is 1.33 bits per heavy atom. The first-order chi connectivity index (χ1) is 18.6. The number of aliphatic hydroxyl groups excluding tert-OH is 1. The third-order valence-corrected chi connectivity index (χ3v) is 8.69. The third kappa shape index (κ3) is 4.05. The van der Waals surface area contributed by atoms with Crippen LogP contribution in [0.1, 0.15) is 40.5 Å². The zero-order valence-electron chi connectivity index (χ0n) is 22.9. The SMILES string of the molecule is C=CCN(Cn1nnc2ccccc21)C(=O)C1N([C@@H](CO)C(C)C)C(=O)[C@@H]2[C@@H](C(=O)OCC)[C@@]3(C)CCC12O3. The minimum absolute atomic E-state index is 0.0781. The highest BCUT2D eigenvalue weighted by Gasteiger charge is 2.79. The number of amides is 2. The van der Waals surface area contributed by atoms with Gasteiger partial charge in [-0.05, 0) is 44.7 Å². The Labute approximate surface area is 227 Å². The molecule has 6 atom stereocenters. The molecule has 2 bridgehead atoms. The van der Waals surface area contributed by atoms with Crippen molar-refractivity contribution in [3.05, 3.63) is 36.9 Å². The lowest BCUT2D eigenvalue weighted by Crippen LogP contribution is -2.59. The molecule has 1 spiro atoms. The van der Waals surface area contributed by atoms with Crippen molar-refractivity contribution in [2.24, 2.45) is 17.8 Å². The largest absolute Gasteiger partial charge is 0.466 e. The van der Waals surface area contributed by atoms with Crippen molar-refractivity contribution in [1.29, 1.82) is 0 Å². The maximum atomic E-state index is 14.6. The molecule has 0 saturated carbocycles. The predicted molar refractivity (Wildman–Crippen MR) is 141 cm³/mol. The molecule has 2 amide bonds. The number of benzene rings is 1. The van der Waals surface area contributed by atoms with Crippen molar-refractivity contribution < 1.29 is 29.0 Å². The normalized spacial score (nSPS) is 30.2. The first-order valence-corrected chi connectivity index (χ1v) is 13.6. The summed E-state index contributed by atoms with van der Waals surface area (Å²) in [5, 5.41) is 18.8. The van der Waals surface area contributed by atoms with Crippen molar-refractivity contribution in [2.75, 3.05) is 19.8 Å². The van der Waals surface area contributed by atoms with Gasteiger partial charge in [-0.15, -0.1) is 11.7 Å². The van der Waals surface area contributed by atoms with Crippen molar-refractivity contribution in [1.82, 2.24) is 24.8 Å². The van der Waals surface area contributed by atoms with Gasteiger partial charge in [0.2, 0.25) is 11.8 Å². The Morgan fingerprint density at radius 2 is 2.08 bits per heavy atom. The number of para-hydroxylation sites is 1. The van der Waals surface area contributed by atoms with E-state index in [2.05, 4.69) is 16.9 Å². The molecule has 0 aliphatic carbocycles. The first-order valence-electron chi connectivity index (χ1n) is 13.6. The van der Waals surface area contributed by atoms with Crippen LogP contribution >= 0.6 is 0 Å². The molecule has 39 heavy (non-hydrogen) atoms.